The first-order chi connectivity index (χ1) is 9.08. The molecule has 0 bridgehead atoms. The standard InChI is InChI=1S/C13H24N2O4/c1-3-4-5-11(12(16)17)14-13(18)15-7-6-10(8-15)9-19-2/h10-11H,3-9H2,1-2H3,(H,14,18)(H,16,17). The van der Waals surface area contributed by atoms with Gasteiger partial charge >= 0.3 is 12.0 Å². The number of unbranched alkanes of at least 4 members (excludes halogenated alkanes) is 1. The Kier molecular flexibility index (Phi) is 6.62. The number of rotatable bonds is 7. The van der Waals surface area contributed by atoms with Gasteiger partial charge in [-0.25, -0.2) is 9.59 Å². The van der Waals surface area contributed by atoms with Gasteiger partial charge in [0.05, 0.1) is 6.61 Å². The van der Waals surface area contributed by atoms with Crippen LogP contribution in [0.5, 0.6) is 0 Å². The van der Waals surface area contributed by atoms with Gasteiger partial charge in [-0.2, -0.15) is 0 Å². The van der Waals surface area contributed by atoms with Crippen molar-refractivity contribution < 1.29 is 19.4 Å². The number of carbonyl (C=O) groups is 2. The molecule has 2 atom stereocenters. The number of amides is 2. The van der Waals surface area contributed by atoms with E-state index in [0.717, 1.165) is 19.3 Å². The molecule has 1 aliphatic heterocycles. The third-order valence-corrected chi connectivity index (χ3v) is 3.42. The van der Waals surface area contributed by atoms with Crippen molar-refractivity contribution in [2.75, 3.05) is 26.8 Å². The summed E-state index contributed by atoms with van der Waals surface area (Å²) in [6.07, 6.45) is 3.10. The van der Waals surface area contributed by atoms with Crippen molar-refractivity contribution in [3.63, 3.8) is 0 Å². The predicted molar refractivity (Wildman–Crippen MR) is 71.0 cm³/mol. The number of ether oxygens (including phenoxy) is 1. The Morgan fingerprint density at radius 2 is 2.26 bits per heavy atom. The second-order valence-electron chi connectivity index (χ2n) is 5.04. The van der Waals surface area contributed by atoms with Gasteiger partial charge in [0.15, 0.2) is 0 Å². The molecule has 6 heteroatoms. The number of carboxylic acids is 1. The van der Waals surface area contributed by atoms with Crippen LogP contribution in [0.15, 0.2) is 0 Å². The quantitative estimate of drug-likeness (QED) is 0.732. The fourth-order valence-electron chi connectivity index (χ4n) is 2.29. The van der Waals surface area contributed by atoms with Crippen LogP contribution in [0.2, 0.25) is 0 Å². The average molecular weight is 272 g/mol. The maximum Gasteiger partial charge on any atom is 0.326 e. The van der Waals surface area contributed by atoms with Crippen molar-refractivity contribution in [2.45, 2.75) is 38.6 Å². The monoisotopic (exact) mass is 272 g/mol. The zero-order chi connectivity index (χ0) is 14.3. The predicted octanol–water partition coefficient (Wildman–Crippen LogP) is 1.31. The third-order valence-electron chi connectivity index (χ3n) is 3.42. The molecule has 6 nitrogen and oxygen atoms in total. The molecule has 1 saturated heterocycles. The van der Waals surface area contributed by atoms with Gasteiger partial charge in [0, 0.05) is 26.1 Å². The number of carbonyl (C=O) groups excluding carboxylic acids is 1. The Hall–Kier alpha value is -1.30. The van der Waals surface area contributed by atoms with Crippen molar-refractivity contribution in [3.8, 4) is 0 Å². The van der Waals surface area contributed by atoms with Gasteiger partial charge in [0.2, 0.25) is 0 Å². The van der Waals surface area contributed by atoms with E-state index in [1.165, 1.54) is 0 Å². The van der Waals surface area contributed by atoms with Crippen LogP contribution in [0.3, 0.4) is 0 Å². The first kappa shape index (κ1) is 15.8. The molecule has 2 N–H and O–H groups in total. The lowest BCUT2D eigenvalue weighted by molar-refractivity contribution is -0.139. The molecule has 0 aromatic rings. The highest BCUT2D eigenvalue weighted by Gasteiger charge is 2.28. The summed E-state index contributed by atoms with van der Waals surface area (Å²) in [4.78, 5) is 24.7. The summed E-state index contributed by atoms with van der Waals surface area (Å²) >= 11 is 0. The Labute approximate surface area is 114 Å². The molecule has 0 saturated carbocycles. The van der Waals surface area contributed by atoms with Crippen LogP contribution in [0, 0.1) is 5.92 Å². The van der Waals surface area contributed by atoms with Gasteiger partial charge in [-0.3, -0.25) is 0 Å². The normalized spacial score (nSPS) is 20.3. The van der Waals surface area contributed by atoms with E-state index >= 15 is 0 Å². The number of nitrogens with one attached hydrogen (secondary N) is 1. The van der Waals surface area contributed by atoms with Crippen molar-refractivity contribution in [2.24, 2.45) is 5.92 Å². The van der Waals surface area contributed by atoms with E-state index in [-0.39, 0.29) is 6.03 Å². The molecule has 19 heavy (non-hydrogen) atoms. The number of methoxy groups -OCH3 is 1. The molecule has 0 spiro atoms. The van der Waals surface area contributed by atoms with Crippen LogP contribution in [0.25, 0.3) is 0 Å². The second-order valence-corrected chi connectivity index (χ2v) is 5.04. The van der Waals surface area contributed by atoms with Crippen LogP contribution in [0.4, 0.5) is 4.79 Å². The maximum absolute atomic E-state index is 12.0. The van der Waals surface area contributed by atoms with Gasteiger partial charge in [-0.15, -0.1) is 0 Å². The van der Waals surface area contributed by atoms with Crippen LogP contribution in [0.1, 0.15) is 32.6 Å². The zero-order valence-corrected chi connectivity index (χ0v) is 11.7. The van der Waals surface area contributed by atoms with E-state index in [9.17, 15) is 9.59 Å². The summed E-state index contributed by atoms with van der Waals surface area (Å²) in [6.45, 7) is 3.94. The molecule has 0 aliphatic carbocycles. The second kappa shape index (κ2) is 7.99. The fourth-order valence-corrected chi connectivity index (χ4v) is 2.29. The molecular weight excluding hydrogens is 248 g/mol. The number of nitrogens with zero attached hydrogens (tertiary/aromatic N) is 1. The first-order valence-electron chi connectivity index (χ1n) is 6.85. The topological polar surface area (TPSA) is 78.9 Å². The van der Waals surface area contributed by atoms with Crippen molar-refractivity contribution in [1.29, 1.82) is 0 Å². The Balaban J connectivity index is 2.42. The summed E-state index contributed by atoms with van der Waals surface area (Å²) in [6, 6.07) is -1.06. The van der Waals surface area contributed by atoms with Gasteiger partial charge in [-0.1, -0.05) is 19.8 Å². The number of urea groups is 1. The van der Waals surface area contributed by atoms with E-state index < -0.39 is 12.0 Å². The Bertz CT molecular complexity index is 309. The highest BCUT2D eigenvalue weighted by Crippen LogP contribution is 2.16. The lowest BCUT2D eigenvalue weighted by atomic mass is 10.1. The summed E-state index contributed by atoms with van der Waals surface area (Å²) < 4.78 is 5.07. The van der Waals surface area contributed by atoms with Crippen LogP contribution in [-0.2, 0) is 9.53 Å². The first-order valence-corrected chi connectivity index (χ1v) is 6.85. The molecule has 1 rings (SSSR count). The van der Waals surface area contributed by atoms with Gasteiger partial charge in [-0.05, 0) is 12.8 Å². The molecule has 2 unspecified atom stereocenters. The number of hydrogen-bond acceptors (Lipinski definition) is 3. The average Bonchev–Trinajstić information content (AvgIpc) is 2.83. The number of hydrogen-bond donors (Lipinski definition) is 2. The highest BCUT2D eigenvalue weighted by molar-refractivity contribution is 5.82. The zero-order valence-electron chi connectivity index (χ0n) is 11.7. The molecule has 1 heterocycles. The van der Waals surface area contributed by atoms with Crippen LogP contribution >= 0.6 is 0 Å². The van der Waals surface area contributed by atoms with Crippen molar-refractivity contribution in [3.05, 3.63) is 0 Å². The number of likely N-dealkylation sites (tertiary alicyclic amines) is 1. The molecule has 0 aromatic heterocycles. The lowest BCUT2D eigenvalue weighted by Gasteiger charge is -2.21. The third kappa shape index (κ3) is 5.06. The van der Waals surface area contributed by atoms with Crippen LogP contribution < -0.4 is 5.32 Å². The molecule has 0 radical (unpaired) electrons. The molecule has 2 amide bonds. The molecule has 110 valence electrons. The summed E-state index contributed by atoms with van der Waals surface area (Å²) in [7, 11) is 1.65. The minimum Gasteiger partial charge on any atom is -0.480 e. The van der Waals surface area contributed by atoms with E-state index in [2.05, 4.69) is 5.32 Å². The van der Waals surface area contributed by atoms with Gasteiger partial charge in [0.1, 0.15) is 6.04 Å². The summed E-state index contributed by atoms with van der Waals surface area (Å²) in [5.74, 6) is -0.607. The van der Waals surface area contributed by atoms with E-state index in [1.54, 1.807) is 12.0 Å². The SMILES string of the molecule is CCCCC(NC(=O)N1CCC(COC)C1)C(=O)O. The molecule has 1 fully saturated rings. The molecule has 0 aromatic carbocycles. The lowest BCUT2D eigenvalue weighted by Crippen LogP contribution is -2.47. The highest BCUT2D eigenvalue weighted by atomic mass is 16.5. The van der Waals surface area contributed by atoms with Gasteiger partial charge < -0.3 is 20.1 Å². The van der Waals surface area contributed by atoms with Gasteiger partial charge in [0.25, 0.3) is 0 Å². The van der Waals surface area contributed by atoms with Crippen molar-refractivity contribution in [1.82, 2.24) is 10.2 Å². The van der Waals surface area contributed by atoms with E-state index in [0.29, 0.717) is 32.0 Å². The smallest absolute Gasteiger partial charge is 0.326 e. The van der Waals surface area contributed by atoms with E-state index in [1.807, 2.05) is 6.92 Å². The maximum atomic E-state index is 12.0. The number of carboxylic acid groups (broad SMARTS) is 1. The van der Waals surface area contributed by atoms with E-state index in [4.69, 9.17) is 9.84 Å². The fraction of sp³-hybridized carbons (Fsp3) is 0.846. The minimum absolute atomic E-state index is 0.276. The Morgan fingerprint density at radius 1 is 1.53 bits per heavy atom. The molecular formula is C13H24N2O4. The number of aliphatic carboxylic acids is 1. The van der Waals surface area contributed by atoms with Crippen molar-refractivity contribution >= 4 is 12.0 Å². The largest absolute Gasteiger partial charge is 0.480 e. The minimum atomic E-state index is -0.963. The van der Waals surface area contributed by atoms with Crippen LogP contribution in [-0.4, -0.2) is 54.9 Å². The summed E-state index contributed by atoms with van der Waals surface area (Å²) in [5, 5.41) is 11.7. The molecule has 1 aliphatic rings. The Morgan fingerprint density at radius 3 is 2.84 bits per heavy atom. The summed E-state index contributed by atoms with van der Waals surface area (Å²) in [5.41, 5.74) is 0.